The van der Waals surface area contributed by atoms with Gasteiger partial charge in [-0.2, -0.15) is 10.2 Å². The Morgan fingerprint density at radius 3 is 2.68 bits per heavy atom. The molecule has 0 aromatic carbocycles. The Bertz CT molecular complexity index is 477. The minimum absolute atomic E-state index is 0. The molecule has 2 aromatic heterocycles. The van der Waals surface area contributed by atoms with Gasteiger partial charge in [-0.3, -0.25) is 9.36 Å². The van der Waals surface area contributed by atoms with Gasteiger partial charge < -0.3 is 5.32 Å². The summed E-state index contributed by atoms with van der Waals surface area (Å²) in [5, 5.41) is 12.1. The first-order valence-electron chi connectivity index (χ1n) is 6.61. The summed E-state index contributed by atoms with van der Waals surface area (Å²) in [6, 6.07) is 4.06. The molecule has 0 unspecified atom stereocenters. The van der Waals surface area contributed by atoms with Gasteiger partial charge in [-0.25, -0.2) is 0 Å². The molecule has 0 bridgehead atoms. The molecular formula is C13H22ClN5. The van der Waals surface area contributed by atoms with Crippen LogP contribution >= 0.6 is 12.4 Å². The van der Waals surface area contributed by atoms with Crippen LogP contribution in [0.3, 0.4) is 0 Å². The summed E-state index contributed by atoms with van der Waals surface area (Å²) in [6.07, 6.45) is 6.06. The van der Waals surface area contributed by atoms with Crippen LogP contribution in [0.5, 0.6) is 0 Å². The normalized spacial score (nSPS) is 10.2. The molecule has 0 aliphatic rings. The van der Waals surface area contributed by atoms with E-state index in [4.69, 9.17) is 0 Å². The lowest BCUT2D eigenvalue weighted by atomic mass is 10.4. The topological polar surface area (TPSA) is 47.7 Å². The van der Waals surface area contributed by atoms with Crippen molar-refractivity contribution in [2.45, 2.75) is 46.3 Å². The summed E-state index contributed by atoms with van der Waals surface area (Å²) < 4.78 is 4.00. The average Bonchev–Trinajstić information content (AvgIpc) is 2.97. The minimum atomic E-state index is 0. The predicted molar refractivity (Wildman–Crippen MR) is 79.6 cm³/mol. The molecule has 0 atom stereocenters. The van der Waals surface area contributed by atoms with Gasteiger partial charge in [-0.1, -0.05) is 13.8 Å². The van der Waals surface area contributed by atoms with Gasteiger partial charge in [-0.15, -0.1) is 12.4 Å². The molecule has 2 heterocycles. The molecule has 0 spiro atoms. The number of nitrogens with one attached hydrogen (secondary N) is 1. The van der Waals surface area contributed by atoms with Crippen LogP contribution in [0, 0.1) is 0 Å². The Morgan fingerprint density at radius 2 is 1.95 bits per heavy atom. The third kappa shape index (κ3) is 4.28. The molecule has 0 radical (unpaired) electrons. The first kappa shape index (κ1) is 15.6. The van der Waals surface area contributed by atoms with Crippen molar-refractivity contribution in [1.82, 2.24) is 19.6 Å². The summed E-state index contributed by atoms with van der Waals surface area (Å²) in [4.78, 5) is 0. The van der Waals surface area contributed by atoms with Gasteiger partial charge in [0.05, 0.1) is 12.2 Å². The van der Waals surface area contributed by atoms with E-state index in [0.29, 0.717) is 0 Å². The van der Waals surface area contributed by atoms with E-state index in [9.17, 15) is 0 Å². The zero-order valence-corrected chi connectivity index (χ0v) is 12.4. The number of aromatic nitrogens is 4. The van der Waals surface area contributed by atoms with Gasteiger partial charge in [-0.05, 0) is 18.9 Å². The predicted octanol–water partition coefficient (Wildman–Crippen LogP) is 2.93. The van der Waals surface area contributed by atoms with E-state index >= 15 is 0 Å². The first-order chi connectivity index (χ1) is 8.83. The second-order valence-corrected chi connectivity index (χ2v) is 4.36. The van der Waals surface area contributed by atoms with E-state index in [1.165, 1.54) is 5.69 Å². The number of hydrogen-bond acceptors (Lipinski definition) is 3. The highest BCUT2D eigenvalue weighted by molar-refractivity contribution is 5.85. The van der Waals surface area contributed by atoms with E-state index in [-0.39, 0.29) is 12.4 Å². The smallest absolute Gasteiger partial charge is 0.148 e. The van der Waals surface area contributed by atoms with Crippen LogP contribution in [0.2, 0.25) is 0 Å². The number of rotatable bonds is 7. The molecule has 106 valence electrons. The summed E-state index contributed by atoms with van der Waals surface area (Å²) in [7, 11) is 0. The van der Waals surface area contributed by atoms with Gasteiger partial charge >= 0.3 is 0 Å². The Balaban J connectivity index is 0.00000180. The fourth-order valence-electron chi connectivity index (χ4n) is 1.91. The molecule has 2 aromatic rings. The standard InChI is InChI=1S/C13H21N5.ClH/c1-3-8-17-10-6-13(16-17)14-11-12-5-7-15-18(12)9-4-2;/h5-7,10H,3-4,8-9,11H2,1-2H3,(H,14,16);1H. The van der Waals surface area contributed by atoms with Crippen molar-refractivity contribution in [2.24, 2.45) is 0 Å². The van der Waals surface area contributed by atoms with Gasteiger partial charge in [0.25, 0.3) is 0 Å². The quantitative estimate of drug-likeness (QED) is 0.850. The van der Waals surface area contributed by atoms with E-state index in [2.05, 4.69) is 29.4 Å². The molecule has 0 saturated heterocycles. The Labute approximate surface area is 120 Å². The number of aryl methyl sites for hydroxylation is 2. The fraction of sp³-hybridized carbons (Fsp3) is 0.538. The van der Waals surface area contributed by atoms with Gasteiger partial charge in [0.1, 0.15) is 5.82 Å². The van der Waals surface area contributed by atoms with Crippen LogP contribution in [0.15, 0.2) is 24.5 Å². The molecule has 2 rings (SSSR count). The summed E-state index contributed by atoms with van der Waals surface area (Å²) >= 11 is 0. The van der Waals surface area contributed by atoms with Crippen LogP contribution in [-0.4, -0.2) is 19.6 Å². The molecule has 6 heteroatoms. The second kappa shape index (κ2) is 7.84. The van der Waals surface area contributed by atoms with Crippen molar-refractivity contribution in [1.29, 1.82) is 0 Å². The number of halogens is 1. The molecule has 1 N–H and O–H groups in total. The van der Waals surface area contributed by atoms with E-state index in [1.54, 1.807) is 0 Å². The summed E-state index contributed by atoms with van der Waals surface area (Å²) in [5.74, 6) is 0.924. The maximum absolute atomic E-state index is 4.45. The third-order valence-corrected chi connectivity index (χ3v) is 2.78. The number of anilines is 1. The maximum Gasteiger partial charge on any atom is 0.148 e. The van der Waals surface area contributed by atoms with E-state index in [0.717, 1.165) is 38.3 Å². The lowest BCUT2D eigenvalue weighted by Gasteiger charge is -2.06. The lowest BCUT2D eigenvalue weighted by Crippen LogP contribution is -2.09. The molecule has 0 saturated carbocycles. The van der Waals surface area contributed by atoms with Gasteiger partial charge in [0.2, 0.25) is 0 Å². The second-order valence-electron chi connectivity index (χ2n) is 4.36. The minimum Gasteiger partial charge on any atom is -0.363 e. The number of hydrogen-bond donors (Lipinski definition) is 1. The zero-order chi connectivity index (χ0) is 12.8. The van der Waals surface area contributed by atoms with Crippen molar-refractivity contribution in [2.75, 3.05) is 5.32 Å². The van der Waals surface area contributed by atoms with Crippen molar-refractivity contribution >= 4 is 18.2 Å². The largest absolute Gasteiger partial charge is 0.363 e. The average molecular weight is 284 g/mol. The Hall–Kier alpha value is -1.49. The lowest BCUT2D eigenvalue weighted by molar-refractivity contribution is 0.577. The Kier molecular flexibility index (Phi) is 6.42. The van der Waals surface area contributed by atoms with Gasteiger partial charge in [0, 0.05) is 31.5 Å². The summed E-state index contributed by atoms with van der Waals surface area (Å²) in [6.45, 7) is 7.01. The van der Waals surface area contributed by atoms with Crippen LogP contribution in [0.1, 0.15) is 32.4 Å². The van der Waals surface area contributed by atoms with Crippen LogP contribution < -0.4 is 5.32 Å². The van der Waals surface area contributed by atoms with Crippen molar-refractivity contribution in [3.8, 4) is 0 Å². The zero-order valence-electron chi connectivity index (χ0n) is 11.5. The SMILES string of the molecule is CCCn1ccc(NCc2ccnn2CCC)n1.Cl. The molecule has 19 heavy (non-hydrogen) atoms. The fourth-order valence-corrected chi connectivity index (χ4v) is 1.91. The first-order valence-corrected chi connectivity index (χ1v) is 6.61. The molecule has 0 fully saturated rings. The van der Waals surface area contributed by atoms with Gasteiger partial charge in [0.15, 0.2) is 0 Å². The van der Waals surface area contributed by atoms with E-state index < -0.39 is 0 Å². The van der Waals surface area contributed by atoms with Crippen molar-refractivity contribution in [3.63, 3.8) is 0 Å². The Morgan fingerprint density at radius 1 is 1.16 bits per heavy atom. The molecule has 0 aliphatic heterocycles. The van der Waals surface area contributed by atoms with Crippen LogP contribution in [0.25, 0.3) is 0 Å². The highest BCUT2D eigenvalue weighted by atomic mass is 35.5. The molecule has 0 aliphatic carbocycles. The van der Waals surface area contributed by atoms with Crippen molar-refractivity contribution < 1.29 is 0 Å². The number of nitrogens with zero attached hydrogens (tertiary/aromatic N) is 4. The van der Waals surface area contributed by atoms with Crippen molar-refractivity contribution in [3.05, 3.63) is 30.2 Å². The molecular weight excluding hydrogens is 262 g/mol. The highest BCUT2D eigenvalue weighted by Gasteiger charge is 2.03. The summed E-state index contributed by atoms with van der Waals surface area (Å²) in [5.41, 5.74) is 1.20. The monoisotopic (exact) mass is 283 g/mol. The maximum atomic E-state index is 4.45. The van der Waals surface area contributed by atoms with Crippen LogP contribution in [-0.2, 0) is 19.6 Å². The molecule has 5 nitrogen and oxygen atoms in total. The molecule has 0 amide bonds. The van der Waals surface area contributed by atoms with Crippen LogP contribution in [0.4, 0.5) is 5.82 Å². The third-order valence-electron chi connectivity index (χ3n) is 2.78. The highest BCUT2D eigenvalue weighted by Crippen LogP contribution is 2.07. The van der Waals surface area contributed by atoms with E-state index in [1.807, 2.05) is 33.9 Å².